The fourth-order valence-electron chi connectivity index (χ4n) is 8.23. The van der Waals surface area contributed by atoms with Gasteiger partial charge in [0.1, 0.15) is 33.9 Å². The molecular formula is C52H51N3O2. The van der Waals surface area contributed by atoms with Crippen molar-refractivity contribution in [1.29, 1.82) is 0 Å². The lowest BCUT2D eigenvalue weighted by molar-refractivity contribution is 0.411. The fraction of sp³-hybridized carbons (Fsp3) is 0.269. The van der Waals surface area contributed by atoms with Gasteiger partial charge in [-0.2, -0.15) is 0 Å². The molecule has 0 radical (unpaired) electrons. The van der Waals surface area contributed by atoms with Gasteiger partial charge in [0.15, 0.2) is 5.58 Å². The van der Waals surface area contributed by atoms with E-state index < -0.39 is 0 Å². The second-order valence-electron chi connectivity index (χ2n) is 19.1. The number of hydrogen-bond acceptors (Lipinski definition) is 5. The minimum atomic E-state index is -0.137. The monoisotopic (exact) mass is 749 g/mol. The number of anilines is 3. The van der Waals surface area contributed by atoms with E-state index in [9.17, 15) is 0 Å². The van der Waals surface area contributed by atoms with Gasteiger partial charge in [-0.15, -0.1) is 0 Å². The molecule has 0 aliphatic rings. The molecule has 5 nitrogen and oxygen atoms in total. The molecule has 0 atom stereocenters. The van der Waals surface area contributed by atoms with E-state index in [0.29, 0.717) is 0 Å². The van der Waals surface area contributed by atoms with Crippen molar-refractivity contribution in [3.8, 4) is 11.3 Å². The summed E-state index contributed by atoms with van der Waals surface area (Å²) >= 11 is 0. The summed E-state index contributed by atoms with van der Waals surface area (Å²) in [6.45, 7) is 22.5. The summed E-state index contributed by atoms with van der Waals surface area (Å²) in [5.74, 6) is 1.56. The molecule has 5 aromatic carbocycles. The molecule has 0 aliphatic carbocycles. The Bertz CT molecular complexity index is 3000. The normalized spacial score (nSPS) is 12.8. The molecule has 0 spiro atoms. The Morgan fingerprint density at radius 3 is 1.93 bits per heavy atom. The molecule has 57 heavy (non-hydrogen) atoms. The average Bonchev–Trinajstić information content (AvgIpc) is 3.48. The number of hydrogen-bond donors (Lipinski definition) is 0. The predicted octanol–water partition coefficient (Wildman–Crippen LogP) is 15.1. The molecule has 0 aliphatic heterocycles. The van der Waals surface area contributed by atoms with Crippen LogP contribution in [0.5, 0.6) is 0 Å². The highest BCUT2D eigenvalue weighted by Gasteiger charge is 2.26. The molecule has 0 unspecified atom stereocenters. The van der Waals surface area contributed by atoms with Crippen LogP contribution in [0.1, 0.15) is 84.6 Å². The van der Waals surface area contributed by atoms with Crippen molar-refractivity contribution >= 4 is 72.1 Å². The van der Waals surface area contributed by atoms with Crippen LogP contribution in [0.25, 0.3) is 66.0 Å². The van der Waals surface area contributed by atoms with E-state index in [1.54, 1.807) is 0 Å². The van der Waals surface area contributed by atoms with Gasteiger partial charge in [0.25, 0.3) is 0 Å². The first-order valence-electron chi connectivity index (χ1n) is 20.1. The predicted molar refractivity (Wildman–Crippen MR) is 240 cm³/mol. The molecule has 4 heterocycles. The van der Waals surface area contributed by atoms with Crippen LogP contribution in [0.3, 0.4) is 0 Å². The van der Waals surface area contributed by atoms with Gasteiger partial charge in [-0.1, -0.05) is 123 Å². The third-order valence-electron chi connectivity index (χ3n) is 11.1. The van der Waals surface area contributed by atoms with Crippen LogP contribution in [0.15, 0.2) is 124 Å². The topological polar surface area (TPSA) is 55.3 Å². The van der Waals surface area contributed by atoms with Gasteiger partial charge in [-0.25, -0.2) is 9.97 Å². The highest BCUT2D eigenvalue weighted by atomic mass is 16.3. The fourth-order valence-corrected chi connectivity index (χ4v) is 8.23. The maximum Gasteiger partial charge on any atom is 0.156 e. The zero-order valence-corrected chi connectivity index (χ0v) is 34.8. The summed E-state index contributed by atoms with van der Waals surface area (Å²) in [7, 11) is 0. The molecule has 5 heteroatoms. The number of aryl methyl sites for hydroxylation is 1. The maximum atomic E-state index is 7.06. The van der Waals surface area contributed by atoms with E-state index in [1.165, 1.54) is 16.7 Å². The number of rotatable bonds is 5. The van der Waals surface area contributed by atoms with Crippen LogP contribution < -0.4 is 4.90 Å². The number of pyridine rings is 2. The number of benzene rings is 5. The van der Waals surface area contributed by atoms with Crippen LogP contribution >= 0.6 is 0 Å². The quantitative estimate of drug-likeness (QED) is 0.175. The number of fused-ring (bicyclic) bond motifs is 4. The van der Waals surface area contributed by atoms with Gasteiger partial charge >= 0.3 is 0 Å². The van der Waals surface area contributed by atoms with Crippen molar-refractivity contribution < 1.29 is 8.83 Å². The first-order chi connectivity index (χ1) is 27.0. The van der Waals surface area contributed by atoms with Gasteiger partial charge in [-0.05, 0) is 112 Å². The molecule has 0 saturated heterocycles. The Balaban J connectivity index is 1.36. The first kappa shape index (κ1) is 36.7. The van der Waals surface area contributed by atoms with E-state index in [0.717, 1.165) is 95.3 Å². The molecule has 9 rings (SSSR count). The molecule has 286 valence electrons. The van der Waals surface area contributed by atoms with E-state index in [4.69, 9.17) is 18.8 Å². The van der Waals surface area contributed by atoms with Crippen LogP contribution in [0, 0.1) is 12.3 Å². The number of aromatic nitrogens is 2. The Kier molecular flexibility index (Phi) is 8.40. The van der Waals surface area contributed by atoms with Gasteiger partial charge in [-0.3, -0.25) is 4.90 Å². The summed E-state index contributed by atoms with van der Waals surface area (Å²) < 4.78 is 13.9. The Morgan fingerprint density at radius 2 is 1.23 bits per heavy atom. The van der Waals surface area contributed by atoms with E-state index in [2.05, 4.69) is 189 Å². The molecule has 0 saturated carbocycles. The van der Waals surface area contributed by atoms with Crippen LogP contribution in [-0.4, -0.2) is 9.97 Å². The number of nitrogens with zero attached hydrogens (tertiary/aromatic N) is 3. The number of para-hydroxylation sites is 1. The van der Waals surface area contributed by atoms with Gasteiger partial charge in [0.05, 0.1) is 11.1 Å². The summed E-state index contributed by atoms with van der Waals surface area (Å²) in [6, 6.07) is 41.0. The summed E-state index contributed by atoms with van der Waals surface area (Å²) in [5, 5.41) is 5.18. The molecule has 4 aromatic heterocycles. The molecule has 0 amide bonds. The molecular weight excluding hydrogens is 699 g/mol. The minimum Gasteiger partial charge on any atom is -0.455 e. The smallest absolute Gasteiger partial charge is 0.156 e. The Hall–Kier alpha value is -5.94. The summed E-state index contributed by atoms with van der Waals surface area (Å²) in [5.41, 5.74) is 11.6. The summed E-state index contributed by atoms with van der Waals surface area (Å²) in [6.07, 6.45) is 0.891. The highest BCUT2D eigenvalue weighted by molar-refractivity contribution is 6.29. The lowest BCUT2D eigenvalue weighted by Crippen LogP contribution is -2.17. The van der Waals surface area contributed by atoms with Crippen molar-refractivity contribution in [2.24, 2.45) is 5.41 Å². The lowest BCUT2D eigenvalue weighted by atomic mass is 9.84. The van der Waals surface area contributed by atoms with E-state index >= 15 is 0 Å². The highest BCUT2D eigenvalue weighted by Crippen LogP contribution is 2.45. The second-order valence-corrected chi connectivity index (χ2v) is 19.1. The zero-order valence-electron chi connectivity index (χ0n) is 34.8. The van der Waals surface area contributed by atoms with Crippen molar-refractivity contribution in [2.45, 2.75) is 86.5 Å². The lowest BCUT2D eigenvalue weighted by Gasteiger charge is -2.27. The minimum absolute atomic E-state index is 0.00444. The maximum absolute atomic E-state index is 7.06. The average molecular weight is 750 g/mol. The SMILES string of the molecule is Cc1cc(N(c2ccccc2)c2cc(C(C)(C)C)cc(-c3cccc(C(C)(C)C)c3)n2)nc2c1oc1cc(CC(C)(C)C)cc3oc4c5ccccc5cc2c4c13. The Morgan fingerprint density at radius 1 is 0.561 bits per heavy atom. The van der Waals surface area contributed by atoms with Crippen molar-refractivity contribution in [2.75, 3.05) is 4.90 Å². The number of furan rings is 1. The van der Waals surface area contributed by atoms with Crippen molar-refractivity contribution in [3.05, 3.63) is 138 Å². The molecule has 0 fully saturated rings. The molecule has 9 aromatic rings. The Labute approximate surface area is 335 Å². The third kappa shape index (κ3) is 6.63. The molecule has 0 N–H and O–H groups in total. The van der Waals surface area contributed by atoms with Crippen LogP contribution in [0.4, 0.5) is 17.3 Å². The van der Waals surface area contributed by atoms with E-state index in [-0.39, 0.29) is 16.2 Å². The second kappa shape index (κ2) is 13.1. The molecule has 0 bridgehead atoms. The van der Waals surface area contributed by atoms with Gasteiger partial charge in [0, 0.05) is 27.4 Å². The summed E-state index contributed by atoms with van der Waals surface area (Å²) in [4.78, 5) is 13.3. The van der Waals surface area contributed by atoms with Gasteiger partial charge in [0.2, 0.25) is 0 Å². The zero-order chi connectivity index (χ0) is 40.0. The first-order valence-corrected chi connectivity index (χ1v) is 20.1. The van der Waals surface area contributed by atoms with Crippen LogP contribution in [-0.2, 0) is 17.3 Å². The van der Waals surface area contributed by atoms with E-state index in [1.807, 2.05) is 0 Å². The largest absolute Gasteiger partial charge is 0.455 e. The van der Waals surface area contributed by atoms with Gasteiger partial charge < -0.3 is 8.83 Å². The van der Waals surface area contributed by atoms with Crippen LogP contribution in [0.2, 0.25) is 0 Å². The standard InChI is InChI=1S/C52H51N3O2/c1-31-23-43(55(37-20-12-11-13-21-37)44-29-36(52(8,9)10)28-40(53-44)34-18-16-19-35(26-34)51(5,6)7)54-47-39-27-33-17-14-15-22-38(33)49-45(39)46-41(56-48(31)47)24-32(25-42(46)57-49)30-50(2,3)4/h11-29H,30H2,1-10H3. The van der Waals surface area contributed by atoms with Crippen molar-refractivity contribution in [3.63, 3.8) is 0 Å². The van der Waals surface area contributed by atoms with Crippen molar-refractivity contribution in [1.82, 2.24) is 9.97 Å². The third-order valence-corrected chi connectivity index (χ3v) is 11.1.